The van der Waals surface area contributed by atoms with E-state index >= 15 is 0 Å². The second kappa shape index (κ2) is 5.49. The Morgan fingerprint density at radius 1 is 1.40 bits per heavy atom. The maximum absolute atomic E-state index is 12.6. The fourth-order valence-electron chi connectivity index (χ4n) is 1.49. The lowest BCUT2D eigenvalue weighted by Crippen LogP contribution is -2.13. The summed E-state index contributed by atoms with van der Waals surface area (Å²) >= 11 is 0. The molecule has 1 atom stereocenters. The molecule has 1 unspecified atom stereocenters. The van der Waals surface area contributed by atoms with Crippen LogP contribution in [-0.4, -0.2) is 11.1 Å². The standard InChI is InChI=1S/C12H15FO2/c1-2-10(12(14)15)6-3-9-4-7-11(13)8-5-9/h4-5,7-8,10H,2-3,6H2,1H3,(H,14,15). The maximum atomic E-state index is 12.6. The van der Waals surface area contributed by atoms with Crippen molar-refractivity contribution in [1.29, 1.82) is 0 Å². The van der Waals surface area contributed by atoms with Crippen molar-refractivity contribution in [3.63, 3.8) is 0 Å². The highest BCUT2D eigenvalue weighted by molar-refractivity contribution is 5.69. The summed E-state index contributed by atoms with van der Waals surface area (Å²) < 4.78 is 12.6. The topological polar surface area (TPSA) is 37.3 Å². The Labute approximate surface area is 88.7 Å². The minimum absolute atomic E-state index is 0.260. The predicted molar refractivity (Wildman–Crippen MR) is 56.1 cm³/mol. The van der Waals surface area contributed by atoms with Crippen LogP contribution in [0.15, 0.2) is 24.3 Å². The fourth-order valence-corrected chi connectivity index (χ4v) is 1.49. The second-order valence-corrected chi connectivity index (χ2v) is 3.61. The van der Waals surface area contributed by atoms with Gasteiger partial charge in [0.25, 0.3) is 0 Å². The van der Waals surface area contributed by atoms with Gasteiger partial charge in [0.05, 0.1) is 5.92 Å². The third kappa shape index (κ3) is 3.70. The molecule has 1 aromatic rings. The largest absolute Gasteiger partial charge is 0.481 e. The second-order valence-electron chi connectivity index (χ2n) is 3.61. The van der Waals surface area contributed by atoms with Crippen LogP contribution in [0.1, 0.15) is 25.3 Å². The van der Waals surface area contributed by atoms with E-state index in [9.17, 15) is 9.18 Å². The zero-order valence-corrected chi connectivity index (χ0v) is 8.74. The Hall–Kier alpha value is -1.38. The number of carboxylic acid groups (broad SMARTS) is 1. The summed E-state index contributed by atoms with van der Waals surface area (Å²) in [6, 6.07) is 6.20. The third-order valence-corrected chi connectivity index (χ3v) is 2.54. The molecule has 15 heavy (non-hydrogen) atoms. The third-order valence-electron chi connectivity index (χ3n) is 2.54. The molecule has 0 saturated heterocycles. The van der Waals surface area contributed by atoms with Crippen LogP contribution in [0.2, 0.25) is 0 Å². The van der Waals surface area contributed by atoms with Crippen LogP contribution < -0.4 is 0 Å². The molecule has 0 fully saturated rings. The van der Waals surface area contributed by atoms with Crippen molar-refractivity contribution >= 4 is 5.97 Å². The van der Waals surface area contributed by atoms with Crippen molar-refractivity contribution in [1.82, 2.24) is 0 Å². The van der Waals surface area contributed by atoms with Crippen LogP contribution in [-0.2, 0) is 11.2 Å². The molecule has 0 aliphatic carbocycles. The van der Waals surface area contributed by atoms with E-state index in [1.165, 1.54) is 12.1 Å². The van der Waals surface area contributed by atoms with E-state index in [2.05, 4.69) is 0 Å². The number of hydrogen-bond donors (Lipinski definition) is 1. The first-order valence-corrected chi connectivity index (χ1v) is 5.10. The molecule has 0 aliphatic rings. The van der Waals surface area contributed by atoms with Crippen LogP contribution in [0.5, 0.6) is 0 Å². The highest BCUT2D eigenvalue weighted by Gasteiger charge is 2.14. The lowest BCUT2D eigenvalue weighted by molar-refractivity contribution is -0.142. The minimum atomic E-state index is -0.750. The lowest BCUT2D eigenvalue weighted by atomic mass is 9.97. The van der Waals surface area contributed by atoms with Crippen LogP contribution in [0.4, 0.5) is 4.39 Å². The normalized spacial score (nSPS) is 12.4. The van der Waals surface area contributed by atoms with Crippen LogP contribution in [0, 0.1) is 11.7 Å². The van der Waals surface area contributed by atoms with E-state index in [1.807, 2.05) is 6.92 Å². The maximum Gasteiger partial charge on any atom is 0.306 e. The first-order chi connectivity index (χ1) is 7.13. The fraction of sp³-hybridized carbons (Fsp3) is 0.417. The summed E-state index contributed by atoms with van der Waals surface area (Å²) in [5.41, 5.74) is 0.983. The van der Waals surface area contributed by atoms with Crippen LogP contribution in [0.25, 0.3) is 0 Å². The lowest BCUT2D eigenvalue weighted by Gasteiger charge is -2.08. The number of aliphatic carboxylic acids is 1. The van der Waals surface area contributed by atoms with E-state index in [0.717, 1.165) is 5.56 Å². The van der Waals surface area contributed by atoms with Gasteiger partial charge in [0.2, 0.25) is 0 Å². The van der Waals surface area contributed by atoms with E-state index in [0.29, 0.717) is 19.3 Å². The van der Waals surface area contributed by atoms with Crippen molar-refractivity contribution in [3.05, 3.63) is 35.6 Å². The average molecular weight is 210 g/mol. The molecule has 82 valence electrons. The van der Waals surface area contributed by atoms with Gasteiger partial charge < -0.3 is 5.11 Å². The summed E-state index contributed by atoms with van der Waals surface area (Å²) in [7, 11) is 0. The van der Waals surface area contributed by atoms with Crippen molar-refractivity contribution in [3.8, 4) is 0 Å². The van der Waals surface area contributed by atoms with Crippen LogP contribution in [0.3, 0.4) is 0 Å². The van der Waals surface area contributed by atoms with E-state index < -0.39 is 5.97 Å². The van der Waals surface area contributed by atoms with Crippen LogP contribution >= 0.6 is 0 Å². The molecule has 0 spiro atoms. The molecule has 1 N–H and O–H groups in total. The van der Waals surface area contributed by atoms with Crippen molar-refractivity contribution < 1.29 is 14.3 Å². The number of rotatable bonds is 5. The summed E-state index contributed by atoms with van der Waals surface area (Å²) in [6.07, 6.45) is 1.93. The SMILES string of the molecule is CCC(CCc1ccc(F)cc1)C(=O)O. The first kappa shape index (κ1) is 11.7. The van der Waals surface area contributed by atoms with Crippen molar-refractivity contribution in [2.24, 2.45) is 5.92 Å². The highest BCUT2D eigenvalue weighted by Crippen LogP contribution is 2.13. The van der Waals surface area contributed by atoms with Crippen molar-refractivity contribution in [2.45, 2.75) is 26.2 Å². The smallest absolute Gasteiger partial charge is 0.306 e. The number of carboxylic acids is 1. The molecular weight excluding hydrogens is 195 g/mol. The number of hydrogen-bond acceptors (Lipinski definition) is 1. The quantitative estimate of drug-likeness (QED) is 0.811. The van der Waals surface area contributed by atoms with Gasteiger partial charge in [-0.3, -0.25) is 4.79 Å². The molecule has 0 saturated carbocycles. The summed E-state index contributed by atoms with van der Waals surface area (Å²) in [5.74, 6) is -1.31. The van der Waals surface area contributed by atoms with Gasteiger partial charge in [-0.25, -0.2) is 4.39 Å². The molecule has 2 nitrogen and oxygen atoms in total. The van der Waals surface area contributed by atoms with Gasteiger partial charge in [-0.1, -0.05) is 19.1 Å². The minimum Gasteiger partial charge on any atom is -0.481 e. The average Bonchev–Trinajstić information content (AvgIpc) is 2.21. The predicted octanol–water partition coefficient (Wildman–Crippen LogP) is 2.87. The first-order valence-electron chi connectivity index (χ1n) is 5.10. The van der Waals surface area contributed by atoms with Gasteiger partial charge in [0.1, 0.15) is 5.82 Å². The Morgan fingerprint density at radius 3 is 2.47 bits per heavy atom. The zero-order chi connectivity index (χ0) is 11.3. The van der Waals surface area contributed by atoms with Gasteiger partial charge >= 0.3 is 5.97 Å². The molecule has 0 radical (unpaired) electrons. The van der Waals surface area contributed by atoms with E-state index in [1.54, 1.807) is 12.1 Å². The van der Waals surface area contributed by atoms with E-state index in [4.69, 9.17) is 5.11 Å². The molecule has 0 amide bonds. The van der Waals surface area contributed by atoms with Gasteiger partial charge in [0.15, 0.2) is 0 Å². The van der Waals surface area contributed by atoms with Gasteiger partial charge in [-0.15, -0.1) is 0 Å². The number of halogens is 1. The number of benzene rings is 1. The zero-order valence-electron chi connectivity index (χ0n) is 8.74. The summed E-state index contributed by atoms with van der Waals surface area (Å²) in [4.78, 5) is 10.7. The Bertz CT molecular complexity index is 319. The Kier molecular flexibility index (Phi) is 4.28. The number of aryl methyl sites for hydroxylation is 1. The molecule has 3 heteroatoms. The Morgan fingerprint density at radius 2 is 2.00 bits per heavy atom. The molecule has 1 aromatic carbocycles. The molecule has 0 bridgehead atoms. The van der Waals surface area contributed by atoms with Gasteiger partial charge in [-0.2, -0.15) is 0 Å². The van der Waals surface area contributed by atoms with Crippen molar-refractivity contribution in [2.75, 3.05) is 0 Å². The molecule has 1 rings (SSSR count). The van der Waals surface area contributed by atoms with Gasteiger partial charge in [0, 0.05) is 0 Å². The highest BCUT2D eigenvalue weighted by atomic mass is 19.1. The molecular formula is C12H15FO2. The van der Waals surface area contributed by atoms with Gasteiger partial charge in [-0.05, 0) is 37.0 Å². The summed E-state index contributed by atoms with van der Waals surface area (Å²) in [6.45, 7) is 1.86. The monoisotopic (exact) mass is 210 g/mol. The number of carbonyl (C=O) groups is 1. The molecule has 0 heterocycles. The van der Waals surface area contributed by atoms with E-state index in [-0.39, 0.29) is 11.7 Å². The summed E-state index contributed by atoms with van der Waals surface area (Å²) in [5, 5.41) is 8.84. The molecule has 0 aliphatic heterocycles. The molecule has 0 aromatic heterocycles. The Balaban J connectivity index is 2.49.